The number of piperidine rings is 1. The van der Waals surface area contributed by atoms with Crippen LogP contribution in [0.2, 0.25) is 0 Å². The Labute approximate surface area is 171 Å². The van der Waals surface area contributed by atoms with Crippen LogP contribution in [-0.2, 0) is 16.0 Å². The number of nitrogens with one attached hydrogen (secondary N) is 1. The van der Waals surface area contributed by atoms with Crippen LogP contribution >= 0.6 is 0 Å². The van der Waals surface area contributed by atoms with Crippen LogP contribution in [0.1, 0.15) is 58.7 Å². The van der Waals surface area contributed by atoms with Crippen molar-refractivity contribution in [2.24, 2.45) is 5.92 Å². The summed E-state index contributed by atoms with van der Waals surface area (Å²) >= 11 is 0. The van der Waals surface area contributed by atoms with Gasteiger partial charge in [0.15, 0.2) is 6.61 Å². The monoisotopic (exact) mass is 398 g/mol. The number of aliphatic hydroxyl groups is 1. The Balaban J connectivity index is 1.48. The second-order valence-corrected chi connectivity index (χ2v) is 7.93. The Morgan fingerprint density at radius 1 is 1.21 bits per heavy atom. The highest BCUT2D eigenvalue weighted by molar-refractivity contribution is 5.91. The molecule has 0 saturated carbocycles. The number of benzene rings is 1. The zero-order chi connectivity index (χ0) is 21.0. The van der Waals surface area contributed by atoms with Crippen molar-refractivity contribution in [3.05, 3.63) is 58.4 Å². The first-order valence-corrected chi connectivity index (χ1v) is 10.2. The quantitative estimate of drug-likeness (QED) is 0.732. The number of rotatable bonds is 6. The van der Waals surface area contributed by atoms with Gasteiger partial charge in [0.05, 0.1) is 6.10 Å². The number of ether oxygens (including phenoxy) is 1. The number of amides is 1. The molecule has 29 heavy (non-hydrogen) atoms. The lowest BCUT2D eigenvalue weighted by atomic mass is 9.90. The predicted octanol–water partition coefficient (Wildman–Crippen LogP) is 3.32. The van der Waals surface area contributed by atoms with Gasteiger partial charge >= 0.3 is 5.97 Å². The summed E-state index contributed by atoms with van der Waals surface area (Å²) in [6.07, 6.45) is 2.28. The number of aromatic nitrogens is 1. The van der Waals surface area contributed by atoms with Crippen LogP contribution in [0.5, 0.6) is 0 Å². The number of carbonyl (C=O) groups is 2. The van der Waals surface area contributed by atoms with Gasteiger partial charge in [0, 0.05) is 24.3 Å². The molecule has 2 heterocycles. The molecule has 1 saturated heterocycles. The van der Waals surface area contributed by atoms with E-state index in [0.29, 0.717) is 35.8 Å². The molecule has 156 valence electrons. The van der Waals surface area contributed by atoms with Crippen LogP contribution in [0, 0.1) is 19.8 Å². The van der Waals surface area contributed by atoms with Crippen LogP contribution in [0.15, 0.2) is 30.3 Å². The predicted molar refractivity (Wildman–Crippen MR) is 111 cm³/mol. The molecular formula is C23H30N2O4. The van der Waals surface area contributed by atoms with Crippen molar-refractivity contribution >= 4 is 11.9 Å². The van der Waals surface area contributed by atoms with E-state index in [1.807, 2.05) is 6.07 Å². The topological polar surface area (TPSA) is 82.6 Å². The smallest absolute Gasteiger partial charge is 0.355 e. The number of H-pyrrole nitrogens is 1. The molecule has 1 atom stereocenters. The molecule has 1 aromatic carbocycles. The van der Waals surface area contributed by atoms with Gasteiger partial charge in [-0.3, -0.25) is 4.79 Å². The lowest BCUT2D eigenvalue weighted by Crippen LogP contribution is -2.41. The first-order valence-electron chi connectivity index (χ1n) is 10.2. The van der Waals surface area contributed by atoms with Gasteiger partial charge in [0.1, 0.15) is 5.69 Å². The maximum absolute atomic E-state index is 12.5. The van der Waals surface area contributed by atoms with Crippen LogP contribution in [0.3, 0.4) is 0 Å². The molecule has 0 aliphatic carbocycles. The molecule has 6 heteroatoms. The molecule has 1 aliphatic heterocycles. The van der Waals surface area contributed by atoms with E-state index in [2.05, 4.69) is 29.2 Å². The molecule has 0 spiro atoms. The van der Waals surface area contributed by atoms with Crippen LogP contribution in [-0.4, -0.2) is 46.6 Å². The summed E-state index contributed by atoms with van der Waals surface area (Å²) in [5.41, 5.74) is 3.73. The third-order valence-electron chi connectivity index (χ3n) is 5.78. The Kier molecular flexibility index (Phi) is 6.75. The van der Waals surface area contributed by atoms with Gasteiger partial charge < -0.3 is 19.7 Å². The summed E-state index contributed by atoms with van der Waals surface area (Å²) in [4.78, 5) is 29.6. The average molecular weight is 399 g/mol. The largest absolute Gasteiger partial charge is 0.451 e. The zero-order valence-electron chi connectivity index (χ0n) is 17.4. The summed E-state index contributed by atoms with van der Waals surface area (Å²) in [7, 11) is 0. The normalized spacial score (nSPS) is 15.9. The Bertz CT molecular complexity index is 849. The van der Waals surface area contributed by atoms with Crippen LogP contribution < -0.4 is 0 Å². The van der Waals surface area contributed by atoms with Crippen molar-refractivity contribution in [3.63, 3.8) is 0 Å². The summed E-state index contributed by atoms with van der Waals surface area (Å²) in [6.45, 7) is 6.35. The summed E-state index contributed by atoms with van der Waals surface area (Å²) in [6, 6.07) is 10.4. The number of hydrogen-bond acceptors (Lipinski definition) is 4. The van der Waals surface area contributed by atoms with E-state index < -0.39 is 12.1 Å². The van der Waals surface area contributed by atoms with Crippen molar-refractivity contribution in [2.45, 2.75) is 46.1 Å². The Hall–Kier alpha value is -2.60. The Morgan fingerprint density at radius 3 is 2.45 bits per heavy atom. The minimum atomic E-state index is -0.674. The second-order valence-electron chi connectivity index (χ2n) is 7.93. The number of carbonyl (C=O) groups excluding carboxylic acids is 2. The van der Waals surface area contributed by atoms with Crippen molar-refractivity contribution in [1.29, 1.82) is 0 Å². The van der Waals surface area contributed by atoms with E-state index >= 15 is 0 Å². The van der Waals surface area contributed by atoms with E-state index in [0.717, 1.165) is 25.0 Å². The van der Waals surface area contributed by atoms with E-state index in [9.17, 15) is 14.7 Å². The first-order chi connectivity index (χ1) is 13.9. The molecule has 6 nitrogen and oxygen atoms in total. The molecule has 1 fully saturated rings. The molecule has 1 amide bonds. The molecule has 0 bridgehead atoms. The van der Waals surface area contributed by atoms with Gasteiger partial charge in [-0.15, -0.1) is 0 Å². The number of aromatic amines is 1. The molecule has 1 aromatic heterocycles. The maximum atomic E-state index is 12.5. The zero-order valence-corrected chi connectivity index (χ0v) is 17.4. The second kappa shape index (κ2) is 9.27. The van der Waals surface area contributed by atoms with Gasteiger partial charge in [-0.1, -0.05) is 30.3 Å². The number of likely N-dealkylation sites (tertiary alicyclic amines) is 1. The van der Waals surface area contributed by atoms with Gasteiger partial charge in [-0.25, -0.2) is 4.79 Å². The van der Waals surface area contributed by atoms with Gasteiger partial charge in [-0.05, 0) is 57.1 Å². The molecule has 3 rings (SSSR count). The van der Waals surface area contributed by atoms with E-state index in [1.54, 1.807) is 25.7 Å². The van der Waals surface area contributed by atoms with Gasteiger partial charge in [0.25, 0.3) is 5.91 Å². The SMILES string of the molecule is Cc1[nH]c(C(=O)OCC(=O)N2CCC(Cc3ccccc3)CC2)c(C)c1[C@H](C)O. The molecule has 0 unspecified atom stereocenters. The summed E-state index contributed by atoms with van der Waals surface area (Å²) in [5, 5.41) is 9.85. The lowest BCUT2D eigenvalue weighted by molar-refractivity contribution is -0.135. The maximum Gasteiger partial charge on any atom is 0.355 e. The third-order valence-corrected chi connectivity index (χ3v) is 5.78. The van der Waals surface area contributed by atoms with Crippen molar-refractivity contribution < 1.29 is 19.4 Å². The number of aryl methyl sites for hydroxylation is 1. The van der Waals surface area contributed by atoms with Crippen LogP contribution in [0.25, 0.3) is 0 Å². The molecule has 2 N–H and O–H groups in total. The molecule has 2 aromatic rings. The highest BCUT2D eigenvalue weighted by atomic mass is 16.5. The van der Waals surface area contributed by atoms with Crippen LogP contribution in [0.4, 0.5) is 0 Å². The fourth-order valence-electron chi connectivity index (χ4n) is 4.22. The minimum absolute atomic E-state index is 0.159. The fourth-order valence-corrected chi connectivity index (χ4v) is 4.22. The highest BCUT2D eigenvalue weighted by Gasteiger charge is 2.25. The summed E-state index contributed by atoms with van der Waals surface area (Å²) in [5.74, 6) is -0.148. The minimum Gasteiger partial charge on any atom is -0.451 e. The molecule has 0 radical (unpaired) electrons. The van der Waals surface area contributed by atoms with E-state index in [4.69, 9.17) is 4.74 Å². The number of nitrogens with zero attached hydrogens (tertiary/aromatic N) is 1. The van der Waals surface area contributed by atoms with E-state index in [-0.39, 0.29) is 12.5 Å². The third kappa shape index (κ3) is 5.07. The first kappa shape index (κ1) is 21.1. The molecular weight excluding hydrogens is 368 g/mol. The molecule has 1 aliphatic rings. The standard InChI is InChI=1S/C23H30N2O4/c1-15-21(17(3)26)16(2)24-22(15)23(28)29-14-20(27)25-11-9-19(10-12-25)13-18-7-5-4-6-8-18/h4-8,17,19,24,26H,9-14H2,1-3H3/t17-/m0/s1. The highest BCUT2D eigenvalue weighted by Crippen LogP contribution is 2.25. The van der Waals surface area contributed by atoms with Gasteiger partial charge in [-0.2, -0.15) is 0 Å². The average Bonchev–Trinajstić information content (AvgIpc) is 3.01. The van der Waals surface area contributed by atoms with E-state index in [1.165, 1.54) is 5.56 Å². The Morgan fingerprint density at radius 2 is 1.86 bits per heavy atom. The van der Waals surface area contributed by atoms with Gasteiger partial charge in [0.2, 0.25) is 0 Å². The fraction of sp³-hybridized carbons (Fsp3) is 0.478. The lowest BCUT2D eigenvalue weighted by Gasteiger charge is -2.32. The van der Waals surface area contributed by atoms with Crippen molar-refractivity contribution in [2.75, 3.05) is 19.7 Å². The van der Waals surface area contributed by atoms with Crippen molar-refractivity contribution in [1.82, 2.24) is 9.88 Å². The van der Waals surface area contributed by atoms with Crippen molar-refractivity contribution in [3.8, 4) is 0 Å². The summed E-state index contributed by atoms with van der Waals surface area (Å²) < 4.78 is 5.25. The number of aliphatic hydroxyl groups excluding tert-OH is 1. The number of esters is 1. The number of hydrogen-bond donors (Lipinski definition) is 2.